The molecule has 1 unspecified atom stereocenters. The van der Waals surface area contributed by atoms with E-state index in [0.29, 0.717) is 52.3 Å². The molecule has 0 fully saturated rings. The Morgan fingerprint density at radius 1 is 1.07 bits per heavy atom. The van der Waals surface area contributed by atoms with Gasteiger partial charge in [-0.15, -0.1) is 0 Å². The molecular weight excluding hydrogens is 559 g/mol. The normalized spacial score (nSPS) is 12.0. The summed E-state index contributed by atoms with van der Waals surface area (Å²) in [6, 6.07) is 20.3. The third-order valence-electron chi connectivity index (χ3n) is 6.59. The fraction of sp³-hybridized carbons (Fsp3) is 0.219. The Morgan fingerprint density at radius 2 is 1.93 bits per heavy atom. The highest BCUT2D eigenvalue weighted by atomic mass is 35.5. The van der Waals surface area contributed by atoms with E-state index in [4.69, 9.17) is 20.8 Å². The molecule has 1 atom stereocenters. The zero-order valence-corrected chi connectivity index (χ0v) is 23.9. The van der Waals surface area contributed by atoms with E-state index >= 15 is 0 Å². The van der Waals surface area contributed by atoms with Crippen LogP contribution < -0.4 is 15.4 Å². The van der Waals surface area contributed by atoms with Gasteiger partial charge in [0.25, 0.3) is 0 Å². The van der Waals surface area contributed by atoms with E-state index in [-0.39, 0.29) is 18.3 Å². The molecule has 0 spiro atoms. The van der Waals surface area contributed by atoms with Crippen molar-refractivity contribution in [3.05, 3.63) is 101 Å². The fourth-order valence-corrected chi connectivity index (χ4v) is 4.76. The van der Waals surface area contributed by atoms with Crippen LogP contribution in [0, 0.1) is 11.7 Å². The number of ether oxygens (including phenoxy) is 1. The number of carbonyl (C=O) groups is 1. The maximum Gasteiger partial charge on any atom is 0.320 e. The van der Waals surface area contributed by atoms with Gasteiger partial charge in [-0.2, -0.15) is 0 Å². The summed E-state index contributed by atoms with van der Waals surface area (Å²) in [7, 11) is 0. The van der Waals surface area contributed by atoms with Crippen LogP contribution in [-0.2, 0) is 17.9 Å². The molecular formula is C32H30ClFN4O4. The second kappa shape index (κ2) is 13.0. The van der Waals surface area contributed by atoms with E-state index in [9.17, 15) is 14.3 Å². The largest absolute Gasteiger partial charge is 0.487 e. The van der Waals surface area contributed by atoms with E-state index in [0.717, 1.165) is 16.5 Å². The lowest BCUT2D eigenvalue weighted by Gasteiger charge is -2.15. The number of carboxylic acids is 1. The minimum absolute atomic E-state index is 0.187. The molecule has 0 bridgehead atoms. The van der Waals surface area contributed by atoms with E-state index in [1.54, 1.807) is 24.3 Å². The van der Waals surface area contributed by atoms with Gasteiger partial charge in [0.1, 0.15) is 47.9 Å². The number of rotatable bonds is 12. The average Bonchev–Trinajstić information content (AvgIpc) is 3.44. The molecule has 42 heavy (non-hydrogen) atoms. The molecule has 3 N–H and O–H groups in total. The number of fused-ring (bicyclic) bond motifs is 1. The highest BCUT2D eigenvalue weighted by molar-refractivity contribution is 6.32. The molecule has 0 aliphatic rings. The van der Waals surface area contributed by atoms with Crippen molar-refractivity contribution >= 4 is 40.0 Å². The molecule has 5 rings (SSSR count). The molecule has 216 valence electrons. The van der Waals surface area contributed by atoms with Gasteiger partial charge in [-0.25, -0.2) is 14.4 Å². The van der Waals surface area contributed by atoms with Crippen LogP contribution in [0.4, 0.5) is 15.9 Å². The number of hydrogen-bond acceptors (Lipinski definition) is 7. The van der Waals surface area contributed by atoms with Gasteiger partial charge < -0.3 is 19.6 Å². The van der Waals surface area contributed by atoms with Gasteiger partial charge in [0.15, 0.2) is 0 Å². The first-order valence-electron chi connectivity index (χ1n) is 13.5. The molecule has 0 aliphatic heterocycles. The first-order chi connectivity index (χ1) is 20.2. The van der Waals surface area contributed by atoms with Crippen LogP contribution in [0.5, 0.6) is 5.75 Å². The van der Waals surface area contributed by atoms with Crippen LogP contribution in [0.3, 0.4) is 0 Å². The van der Waals surface area contributed by atoms with Crippen molar-refractivity contribution in [2.45, 2.75) is 39.5 Å². The number of nitrogens with zero attached hydrogens (tertiary/aromatic N) is 2. The number of nitrogens with one attached hydrogen (secondary N) is 2. The number of furan rings is 1. The van der Waals surface area contributed by atoms with E-state index in [2.05, 4.69) is 20.6 Å². The Kier molecular flexibility index (Phi) is 9.00. The second-order valence-corrected chi connectivity index (χ2v) is 10.7. The summed E-state index contributed by atoms with van der Waals surface area (Å²) in [5, 5.41) is 17.0. The monoisotopic (exact) mass is 588 g/mol. The summed E-state index contributed by atoms with van der Waals surface area (Å²) < 4.78 is 25.3. The van der Waals surface area contributed by atoms with Crippen LogP contribution in [0.15, 0.2) is 83.5 Å². The number of aromatic nitrogens is 2. The number of hydrogen-bond donors (Lipinski definition) is 3. The fourth-order valence-electron chi connectivity index (χ4n) is 4.52. The highest BCUT2D eigenvalue weighted by Crippen LogP contribution is 2.33. The maximum absolute atomic E-state index is 13.5. The molecule has 2 heterocycles. The van der Waals surface area contributed by atoms with E-state index < -0.39 is 12.0 Å². The van der Waals surface area contributed by atoms with Crippen molar-refractivity contribution in [1.29, 1.82) is 0 Å². The van der Waals surface area contributed by atoms with Crippen LogP contribution >= 0.6 is 11.6 Å². The van der Waals surface area contributed by atoms with Gasteiger partial charge in [-0.3, -0.25) is 10.1 Å². The first-order valence-corrected chi connectivity index (χ1v) is 13.9. The van der Waals surface area contributed by atoms with Crippen molar-refractivity contribution in [2.24, 2.45) is 5.92 Å². The van der Waals surface area contributed by atoms with E-state index in [1.165, 1.54) is 18.5 Å². The first kappa shape index (κ1) is 29.0. The van der Waals surface area contributed by atoms with Crippen LogP contribution in [-0.4, -0.2) is 27.1 Å². The van der Waals surface area contributed by atoms with Gasteiger partial charge in [0, 0.05) is 16.6 Å². The Morgan fingerprint density at radius 3 is 2.69 bits per heavy atom. The number of halogens is 2. The third-order valence-corrected chi connectivity index (χ3v) is 6.88. The SMILES string of the molecule is CC(C)CC(NCc1ccc(-c2ccc3ncnc(Nc4ccc(OCc5cccc(F)c5)c(Cl)c4)c3c2)o1)C(=O)O. The van der Waals surface area contributed by atoms with Crippen LogP contribution in [0.1, 0.15) is 31.6 Å². The molecule has 8 nitrogen and oxygen atoms in total. The highest BCUT2D eigenvalue weighted by Gasteiger charge is 2.19. The predicted molar refractivity (Wildman–Crippen MR) is 160 cm³/mol. The zero-order chi connectivity index (χ0) is 29.6. The van der Waals surface area contributed by atoms with Crippen molar-refractivity contribution in [2.75, 3.05) is 5.32 Å². The number of aliphatic carboxylic acids is 1. The van der Waals surface area contributed by atoms with Crippen molar-refractivity contribution in [1.82, 2.24) is 15.3 Å². The molecule has 0 saturated heterocycles. The standard InChI is InChI=1S/C32H30ClFN4O4/c1-19(2)12-28(32(39)40)35-16-24-8-11-29(42-24)21-6-9-27-25(14-21)31(37-18-36-27)38-23-7-10-30(26(33)15-23)41-17-20-4-3-5-22(34)13-20/h3-11,13-15,18-19,28,35H,12,16-17H2,1-2H3,(H,39,40)(H,36,37,38). The Labute approximate surface area is 247 Å². The Hall–Kier alpha value is -4.47. The summed E-state index contributed by atoms with van der Waals surface area (Å²) in [5.41, 5.74) is 2.96. The smallest absolute Gasteiger partial charge is 0.320 e. The molecule has 0 aliphatic carbocycles. The molecule has 2 aromatic heterocycles. The number of anilines is 2. The zero-order valence-electron chi connectivity index (χ0n) is 23.1. The average molecular weight is 589 g/mol. The lowest BCUT2D eigenvalue weighted by molar-refractivity contribution is -0.140. The maximum atomic E-state index is 13.5. The van der Waals surface area contributed by atoms with Crippen molar-refractivity contribution in [3.8, 4) is 17.1 Å². The quantitative estimate of drug-likeness (QED) is 0.137. The Bertz CT molecular complexity index is 1710. The minimum Gasteiger partial charge on any atom is -0.487 e. The summed E-state index contributed by atoms with van der Waals surface area (Å²) in [6.07, 6.45) is 2.01. The number of benzene rings is 3. The molecule has 10 heteroatoms. The molecule has 0 amide bonds. The third kappa shape index (κ3) is 7.23. The lowest BCUT2D eigenvalue weighted by atomic mass is 10.0. The second-order valence-electron chi connectivity index (χ2n) is 10.3. The van der Waals surface area contributed by atoms with E-state index in [1.807, 2.05) is 50.2 Å². The Balaban J connectivity index is 1.30. The predicted octanol–water partition coefficient (Wildman–Crippen LogP) is 7.59. The van der Waals surface area contributed by atoms with Gasteiger partial charge in [0.05, 0.1) is 17.1 Å². The van der Waals surface area contributed by atoms with Crippen molar-refractivity contribution in [3.63, 3.8) is 0 Å². The summed E-state index contributed by atoms with van der Waals surface area (Å²) in [5.74, 6) is 1.39. The summed E-state index contributed by atoms with van der Waals surface area (Å²) in [4.78, 5) is 20.4. The van der Waals surface area contributed by atoms with Gasteiger partial charge >= 0.3 is 5.97 Å². The molecule has 3 aromatic carbocycles. The van der Waals surface area contributed by atoms with Crippen LogP contribution in [0.2, 0.25) is 5.02 Å². The number of carboxylic acid groups (broad SMARTS) is 1. The van der Waals surface area contributed by atoms with Gasteiger partial charge in [-0.05, 0) is 78.6 Å². The van der Waals surface area contributed by atoms with Crippen molar-refractivity contribution < 1.29 is 23.4 Å². The molecule has 0 saturated carbocycles. The molecule has 5 aromatic rings. The van der Waals surface area contributed by atoms with Crippen LogP contribution in [0.25, 0.3) is 22.2 Å². The van der Waals surface area contributed by atoms with Gasteiger partial charge in [0.2, 0.25) is 0 Å². The molecule has 0 radical (unpaired) electrons. The van der Waals surface area contributed by atoms with Gasteiger partial charge in [-0.1, -0.05) is 37.6 Å². The minimum atomic E-state index is -0.877. The topological polar surface area (TPSA) is 110 Å². The lowest BCUT2D eigenvalue weighted by Crippen LogP contribution is -2.37. The summed E-state index contributed by atoms with van der Waals surface area (Å²) in [6.45, 7) is 4.47. The summed E-state index contributed by atoms with van der Waals surface area (Å²) >= 11 is 6.48.